The van der Waals surface area contributed by atoms with Gasteiger partial charge in [-0.1, -0.05) is 5.16 Å². The lowest BCUT2D eigenvalue weighted by atomic mass is 9.96. The number of aromatic amines is 1. The number of piperidine rings is 1. The number of H-pyrrole nitrogens is 1. The first-order chi connectivity index (χ1) is 8.81. The van der Waals surface area contributed by atoms with E-state index in [1.807, 2.05) is 13.1 Å². The zero-order valence-corrected chi connectivity index (χ0v) is 10.5. The van der Waals surface area contributed by atoms with E-state index in [1.165, 1.54) is 0 Å². The Morgan fingerprint density at radius 2 is 2.28 bits per heavy atom. The second kappa shape index (κ2) is 4.89. The molecule has 1 saturated heterocycles. The number of likely N-dealkylation sites (tertiary alicyclic amines) is 1. The van der Waals surface area contributed by atoms with E-state index in [0.717, 1.165) is 44.1 Å². The van der Waals surface area contributed by atoms with Gasteiger partial charge < -0.3 is 9.51 Å². The molecule has 0 saturated carbocycles. The molecule has 0 amide bonds. The highest BCUT2D eigenvalue weighted by molar-refractivity contribution is 4.98. The van der Waals surface area contributed by atoms with Crippen LogP contribution in [0.1, 0.15) is 36.3 Å². The van der Waals surface area contributed by atoms with E-state index < -0.39 is 0 Å². The Morgan fingerprint density at radius 3 is 2.89 bits per heavy atom. The van der Waals surface area contributed by atoms with Crippen molar-refractivity contribution in [2.24, 2.45) is 0 Å². The molecule has 18 heavy (non-hydrogen) atoms. The standard InChI is InChI=1S/C12H17N5O/c1-9-15-12(16-18-9)10-2-6-17(7-3-10)8-11-13-4-5-14-11/h4-5,10H,2-3,6-8H2,1H3,(H,13,14). The van der Waals surface area contributed by atoms with E-state index in [1.54, 1.807) is 6.20 Å². The maximum absolute atomic E-state index is 5.04. The Hall–Kier alpha value is -1.69. The van der Waals surface area contributed by atoms with Crippen molar-refractivity contribution in [1.82, 2.24) is 25.0 Å². The Kier molecular flexibility index (Phi) is 3.10. The number of hydrogen-bond acceptors (Lipinski definition) is 5. The molecule has 96 valence electrons. The molecule has 0 radical (unpaired) electrons. The third-order valence-electron chi connectivity index (χ3n) is 3.42. The summed E-state index contributed by atoms with van der Waals surface area (Å²) < 4.78 is 5.04. The van der Waals surface area contributed by atoms with Crippen molar-refractivity contribution in [3.8, 4) is 0 Å². The van der Waals surface area contributed by atoms with Crippen molar-refractivity contribution in [1.29, 1.82) is 0 Å². The van der Waals surface area contributed by atoms with Gasteiger partial charge in [0.25, 0.3) is 0 Å². The first-order valence-electron chi connectivity index (χ1n) is 6.32. The number of hydrogen-bond donors (Lipinski definition) is 1. The third-order valence-corrected chi connectivity index (χ3v) is 3.42. The van der Waals surface area contributed by atoms with Crippen LogP contribution >= 0.6 is 0 Å². The first kappa shape index (κ1) is 11.4. The van der Waals surface area contributed by atoms with Crippen LogP contribution < -0.4 is 0 Å². The highest BCUT2D eigenvalue weighted by atomic mass is 16.5. The molecule has 0 unspecified atom stereocenters. The van der Waals surface area contributed by atoms with Gasteiger partial charge in [0.2, 0.25) is 5.89 Å². The molecular formula is C12H17N5O. The zero-order valence-electron chi connectivity index (χ0n) is 10.5. The fourth-order valence-corrected chi connectivity index (χ4v) is 2.43. The molecule has 1 N–H and O–H groups in total. The average molecular weight is 247 g/mol. The Labute approximate surface area is 105 Å². The summed E-state index contributed by atoms with van der Waals surface area (Å²) in [5.74, 6) is 2.99. The largest absolute Gasteiger partial charge is 0.348 e. The van der Waals surface area contributed by atoms with Gasteiger partial charge in [-0.25, -0.2) is 4.98 Å². The summed E-state index contributed by atoms with van der Waals surface area (Å²) in [6.45, 7) is 4.84. The number of aryl methyl sites for hydroxylation is 1. The normalized spacial score (nSPS) is 18.3. The lowest BCUT2D eigenvalue weighted by Gasteiger charge is -2.29. The van der Waals surface area contributed by atoms with Gasteiger partial charge >= 0.3 is 0 Å². The molecule has 2 aromatic heterocycles. The number of rotatable bonds is 3. The summed E-state index contributed by atoms with van der Waals surface area (Å²) >= 11 is 0. The Bertz CT molecular complexity index is 484. The van der Waals surface area contributed by atoms with Crippen molar-refractivity contribution < 1.29 is 4.52 Å². The van der Waals surface area contributed by atoms with Gasteiger partial charge in [-0.05, 0) is 25.9 Å². The smallest absolute Gasteiger partial charge is 0.223 e. The SMILES string of the molecule is Cc1nc(C2CCN(Cc3ncc[nH]3)CC2)no1. The number of imidazole rings is 1. The summed E-state index contributed by atoms with van der Waals surface area (Å²) in [4.78, 5) is 14.1. The van der Waals surface area contributed by atoms with Crippen LogP contribution in [0.25, 0.3) is 0 Å². The fourth-order valence-electron chi connectivity index (χ4n) is 2.43. The number of aromatic nitrogens is 4. The second-order valence-electron chi connectivity index (χ2n) is 4.76. The van der Waals surface area contributed by atoms with E-state index in [4.69, 9.17) is 4.52 Å². The Balaban J connectivity index is 1.55. The minimum Gasteiger partial charge on any atom is -0.348 e. The topological polar surface area (TPSA) is 70.8 Å². The summed E-state index contributed by atoms with van der Waals surface area (Å²) in [6, 6.07) is 0. The van der Waals surface area contributed by atoms with E-state index >= 15 is 0 Å². The van der Waals surface area contributed by atoms with Gasteiger partial charge in [-0.15, -0.1) is 0 Å². The molecule has 6 nitrogen and oxygen atoms in total. The predicted octanol–water partition coefficient (Wildman–Crippen LogP) is 1.48. The fraction of sp³-hybridized carbons (Fsp3) is 0.583. The lowest BCUT2D eigenvalue weighted by molar-refractivity contribution is 0.196. The molecule has 1 aliphatic rings. The van der Waals surface area contributed by atoms with Crippen LogP contribution in [-0.4, -0.2) is 38.1 Å². The minimum absolute atomic E-state index is 0.440. The van der Waals surface area contributed by atoms with Crippen LogP contribution in [0.5, 0.6) is 0 Å². The molecule has 0 atom stereocenters. The monoisotopic (exact) mass is 247 g/mol. The molecule has 6 heteroatoms. The Morgan fingerprint density at radius 1 is 1.44 bits per heavy atom. The van der Waals surface area contributed by atoms with Crippen molar-refractivity contribution >= 4 is 0 Å². The molecule has 1 aliphatic heterocycles. The van der Waals surface area contributed by atoms with Crippen LogP contribution in [0.2, 0.25) is 0 Å². The van der Waals surface area contributed by atoms with Crippen LogP contribution in [-0.2, 0) is 6.54 Å². The van der Waals surface area contributed by atoms with Crippen molar-refractivity contribution in [2.75, 3.05) is 13.1 Å². The number of nitrogens with one attached hydrogen (secondary N) is 1. The average Bonchev–Trinajstić information content (AvgIpc) is 3.02. The molecule has 1 fully saturated rings. The maximum atomic E-state index is 5.04. The summed E-state index contributed by atoms with van der Waals surface area (Å²) in [5, 5.41) is 4.02. The number of nitrogens with zero attached hydrogens (tertiary/aromatic N) is 4. The molecule has 0 aliphatic carbocycles. The van der Waals surface area contributed by atoms with Crippen molar-refractivity contribution in [2.45, 2.75) is 32.2 Å². The lowest BCUT2D eigenvalue weighted by Crippen LogP contribution is -2.33. The molecule has 3 rings (SSSR count). The van der Waals surface area contributed by atoms with Crippen molar-refractivity contribution in [3.05, 3.63) is 29.9 Å². The van der Waals surface area contributed by atoms with Crippen LogP contribution in [0, 0.1) is 6.92 Å². The minimum atomic E-state index is 0.440. The van der Waals surface area contributed by atoms with Crippen LogP contribution in [0.15, 0.2) is 16.9 Å². The van der Waals surface area contributed by atoms with E-state index in [9.17, 15) is 0 Å². The van der Waals surface area contributed by atoms with Crippen LogP contribution in [0.4, 0.5) is 0 Å². The van der Waals surface area contributed by atoms with Crippen LogP contribution in [0.3, 0.4) is 0 Å². The van der Waals surface area contributed by atoms with Crippen molar-refractivity contribution in [3.63, 3.8) is 0 Å². The van der Waals surface area contributed by atoms with Gasteiger partial charge in [0.1, 0.15) is 5.82 Å². The van der Waals surface area contributed by atoms with Gasteiger partial charge in [0.05, 0.1) is 6.54 Å². The van der Waals surface area contributed by atoms with E-state index in [0.29, 0.717) is 11.8 Å². The molecule has 0 bridgehead atoms. The quantitative estimate of drug-likeness (QED) is 0.889. The molecule has 2 aromatic rings. The maximum Gasteiger partial charge on any atom is 0.223 e. The van der Waals surface area contributed by atoms with Gasteiger partial charge in [-0.2, -0.15) is 4.98 Å². The van der Waals surface area contributed by atoms with E-state index in [-0.39, 0.29) is 0 Å². The van der Waals surface area contributed by atoms with Gasteiger partial charge in [0, 0.05) is 25.2 Å². The molecule has 0 aromatic carbocycles. The third kappa shape index (κ3) is 2.43. The summed E-state index contributed by atoms with van der Waals surface area (Å²) in [6.07, 6.45) is 5.83. The highest BCUT2D eigenvalue weighted by Crippen LogP contribution is 2.26. The summed E-state index contributed by atoms with van der Waals surface area (Å²) in [7, 11) is 0. The molecule has 3 heterocycles. The molecule has 0 spiro atoms. The zero-order chi connectivity index (χ0) is 12.4. The van der Waals surface area contributed by atoms with Gasteiger partial charge in [0.15, 0.2) is 5.82 Å². The first-order valence-corrected chi connectivity index (χ1v) is 6.32. The second-order valence-corrected chi connectivity index (χ2v) is 4.76. The summed E-state index contributed by atoms with van der Waals surface area (Å²) in [5.41, 5.74) is 0. The van der Waals surface area contributed by atoms with Gasteiger partial charge in [-0.3, -0.25) is 4.90 Å². The highest BCUT2D eigenvalue weighted by Gasteiger charge is 2.24. The molecular weight excluding hydrogens is 230 g/mol. The van der Waals surface area contributed by atoms with E-state index in [2.05, 4.69) is 25.0 Å². The predicted molar refractivity (Wildman–Crippen MR) is 64.9 cm³/mol.